The lowest BCUT2D eigenvalue weighted by molar-refractivity contribution is -0.139. The summed E-state index contributed by atoms with van der Waals surface area (Å²) in [5, 5.41) is 20.0. The number of nitrogens with zero attached hydrogens (tertiary/aromatic N) is 7. The lowest BCUT2D eigenvalue weighted by Crippen LogP contribution is -2.42. The fourth-order valence-corrected chi connectivity index (χ4v) is 6.26. The monoisotopic (exact) mass is 731 g/mol. The van der Waals surface area contributed by atoms with Gasteiger partial charge in [-0.15, -0.1) is 5.10 Å². The van der Waals surface area contributed by atoms with Crippen LogP contribution in [-0.4, -0.2) is 65.5 Å². The fraction of sp³-hybridized carbons (Fsp3) is 0.152. The number of anilines is 1. The van der Waals surface area contributed by atoms with Crippen molar-refractivity contribution in [3.8, 4) is 11.4 Å². The highest BCUT2D eigenvalue weighted by molar-refractivity contribution is 7.92. The SMILES string of the molecule is CCc1cn(-c2ccc(S(=O)(=O)Nc3cc(F)c(C(=O)N[C@@H](Cc4ccc(-n5c(=O)c6ccncc6n(C)c5=O)cn4)C(=O)O)cc3F)cc2)nn1. The lowest BCUT2D eigenvalue weighted by Gasteiger charge is -2.16. The average Bonchev–Trinajstić information content (AvgIpc) is 3.62. The predicted molar refractivity (Wildman–Crippen MR) is 181 cm³/mol. The maximum absolute atomic E-state index is 15.1. The van der Waals surface area contributed by atoms with Crippen molar-refractivity contribution in [2.75, 3.05) is 4.72 Å². The van der Waals surface area contributed by atoms with Crippen LogP contribution >= 0.6 is 0 Å². The molecule has 0 saturated carbocycles. The Balaban J connectivity index is 1.16. The molecule has 0 spiro atoms. The average molecular weight is 732 g/mol. The number of aromatic nitrogens is 7. The second kappa shape index (κ2) is 13.9. The molecule has 0 aliphatic rings. The van der Waals surface area contributed by atoms with Crippen molar-refractivity contribution in [1.29, 1.82) is 0 Å². The molecular formula is C33H27F2N9O7S. The van der Waals surface area contributed by atoms with Gasteiger partial charge in [-0.2, -0.15) is 0 Å². The third-order valence-corrected chi connectivity index (χ3v) is 9.40. The maximum atomic E-state index is 15.1. The zero-order chi connectivity index (χ0) is 37.3. The van der Waals surface area contributed by atoms with Gasteiger partial charge >= 0.3 is 11.7 Å². The highest BCUT2D eigenvalue weighted by Crippen LogP contribution is 2.24. The van der Waals surface area contributed by atoms with Crippen LogP contribution in [0, 0.1) is 11.6 Å². The van der Waals surface area contributed by atoms with Gasteiger partial charge in [0.2, 0.25) is 0 Å². The number of fused-ring (bicyclic) bond motifs is 1. The number of halogens is 2. The molecule has 4 heterocycles. The van der Waals surface area contributed by atoms with Crippen molar-refractivity contribution in [3.63, 3.8) is 0 Å². The number of carboxylic acids is 1. The van der Waals surface area contributed by atoms with E-state index in [0.29, 0.717) is 29.8 Å². The summed E-state index contributed by atoms with van der Waals surface area (Å²) < 4.78 is 61.6. The van der Waals surface area contributed by atoms with Gasteiger partial charge in [0.1, 0.15) is 17.7 Å². The van der Waals surface area contributed by atoms with Crippen LogP contribution in [0.25, 0.3) is 22.3 Å². The number of nitrogens with one attached hydrogen (secondary N) is 2. The molecule has 3 N–H and O–H groups in total. The summed E-state index contributed by atoms with van der Waals surface area (Å²) in [6.45, 7) is 1.90. The van der Waals surface area contributed by atoms with Crippen LogP contribution in [-0.2, 0) is 34.7 Å². The molecular weight excluding hydrogens is 704 g/mol. The number of sulfonamides is 1. The number of benzene rings is 2. The fourth-order valence-electron chi connectivity index (χ4n) is 5.20. The molecule has 1 atom stereocenters. The molecule has 0 saturated heterocycles. The van der Waals surface area contributed by atoms with Gasteiger partial charge < -0.3 is 10.4 Å². The van der Waals surface area contributed by atoms with E-state index in [1.165, 1.54) is 77.4 Å². The first-order valence-corrected chi connectivity index (χ1v) is 16.8. The van der Waals surface area contributed by atoms with Crippen molar-refractivity contribution in [2.24, 2.45) is 7.05 Å². The Morgan fingerprint density at radius 1 is 0.962 bits per heavy atom. The van der Waals surface area contributed by atoms with E-state index in [-0.39, 0.29) is 21.7 Å². The minimum atomic E-state index is -4.41. The molecule has 2 aromatic carbocycles. The number of carbonyl (C=O) groups is 2. The van der Waals surface area contributed by atoms with Gasteiger partial charge in [-0.1, -0.05) is 12.1 Å². The second-order valence-electron chi connectivity index (χ2n) is 11.4. The van der Waals surface area contributed by atoms with Crippen LogP contribution in [0.4, 0.5) is 14.5 Å². The van der Waals surface area contributed by atoms with E-state index in [2.05, 4.69) is 25.6 Å². The minimum absolute atomic E-state index is 0.0894. The van der Waals surface area contributed by atoms with Gasteiger partial charge in [0.05, 0.1) is 62.7 Å². The van der Waals surface area contributed by atoms with E-state index in [1.54, 1.807) is 6.20 Å². The van der Waals surface area contributed by atoms with E-state index in [4.69, 9.17) is 0 Å². The predicted octanol–water partition coefficient (Wildman–Crippen LogP) is 2.13. The molecule has 16 nitrogen and oxygen atoms in total. The Kier molecular flexibility index (Phi) is 9.44. The first kappa shape index (κ1) is 35.2. The van der Waals surface area contributed by atoms with Crippen molar-refractivity contribution in [2.45, 2.75) is 30.7 Å². The van der Waals surface area contributed by atoms with Gasteiger partial charge in [0.15, 0.2) is 0 Å². The molecule has 52 heavy (non-hydrogen) atoms. The van der Waals surface area contributed by atoms with Gasteiger partial charge in [-0.25, -0.2) is 36.0 Å². The second-order valence-corrected chi connectivity index (χ2v) is 13.1. The van der Waals surface area contributed by atoms with Crippen molar-refractivity contribution < 1.29 is 31.9 Å². The number of rotatable bonds is 11. The Morgan fingerprint density at radius 3 is 2.35 bits per heavy atom. The molecule has 0 radical (unpaired) electrons. The van der Waals surface area contributed by atoms with E-state index in [0.717, 1.165) is 10.3 Å². The van der Waals surface area contributed by atoms with Crippen LogP contribution in [0.2, 0.25) is 0 Å². The number of hydrogen-bond donors (Lipinski definition) is 3. The number of hydrogen-bond acceptors (Lipinski definition) is 10. The van der Waals surface area contributed by atoms with Crippen LogP contribution in [0.3, 0.4) is 0 Å². The van der Waals surface area contributed by atoms with Crippen LogP contribution < -0.4 is 21.3 Å². The Bertz CT molecular complexity index is 2590. The molecule has 6 aromatic rings. The third-order valence-electron chi connectivity index (χ3n) is 8.02. The Hall–Kier alpha value is -6.63. The highest BCUT2D eigenvalue weighted by atomic mass is 32.2. The molecule has 0 aliphatic heterocycles. The van der Waals surface area contributed by atoms with Gasteiger partial charge in [0, 0.05) is 31.4 Å². The Morgan fingerprint density at radius 2 is 1.69 bits per heavy atom. The number of carbonyl (C=O) groups excluding carboxylic acids is 1. The Labute approximate surface area is 292 Å². The maximum Gasteiger partial charge on any atom is 0.335 e. The van der Waals surface area contributed by atoms with E-state index in [9.17, 15) is 32.7 Å². The summed E-state index contributed by atoms with van der Waals surface area (Å²) in [7, 11) is -2.95. The molecule has 6 rings (SSSR count). The van der Waals surface area contributed by atoms with E-state index in [1.807, 2.05) is 11.6 Å². The molecule has 19 heteroatoms. The number of aliphatic carboxylic acids is 1. The zero-order valence-corrected chi connectivity index (χ0v) is 28.0. The largest absolute Gasteiger partial charge is 0.480 e. The standard InChI is InChI=1S/C33H27F2N9O7S/c1-3-18-17-43(41-39-18)20-6-8-22(9-7-20)52(50,51)40-27-14-25(34)24(13-26(27)35)30(45)38-28(32(47)48)12-19-4-5-21(15-37-19)44-31(46)23-10-11-36-16-29(23)42(2)33(44)49/h4-11,13-17,28,40H,3,12H2,1-2H3,(H,38,45)(H,47,48)/t28-/m0/s1. The summed E-state index contributed by atoms with van der Waals surface area (Å²) in [5.74, 6) is -5.48. The molecule has 0 unspecified atom stereocenters. The smallest absolute Gasteiger partial charge is 0.335 e. The van der Waals surface area contributed by atoms with E-state index < -0.39 is 68.5 Å². The molecule has 1 amide bonds. The van der Waals surface area contributed by atoms with Crippen LogP contribution in [0.5, 0.6) is 0 Å². The number of amides is 1. The summed E-state index contributed by atoms with van der Waals surface area (Å²) >= 11 is 0. The highest BCUT2D eigenvalue weighted by Gasteiger charge is 2.26. The topological polar surface area (TPSA) is 213 Å². The number of carboxylic acid groups (broad SMARTS) is 1. The third kappa shape index (κ3) is 6.88. The summed E-state index contributed by atoms with van der Waals surface area (Å²) in [5.41, 5.74) is -1.22. The summed E-state index contributed by atoms with van der Waals surface area (Å²) in [4.78, 5) is 58.7. The first-order valence-electron chi connectivity index (χ1n) is 15.4. The first-order chi connectivity index (χ1) is 24.8. The van der Waals surface area contributed by atoms with Crippen LogP contribution in [0.1, 0.15) is 28.7 Å². The summed E-state index contributed by atoms with van der Waals surface area (Å²) in [6, 6.07) is 8.74. The van der Waals surface area contributed by atoms with Crippen molar-refractivity contribution in [1.82, 2.24) is 39.4 Å². The zero-order valence-electron chi connectivity index (χ0n) is 27.2. The van der Waals surface area contributed by atoms with Gasteiger partial charge in [-0.3, -0.25) is 28.8 Å². The van der Waals surface area contributed by atoms with Crippen LogP contribution in [0.15, 0.2) is 93.9 Å². The van der Waals surface area contributed by atoms with E-state index >= 15 is 8.78 Å². The number of aryl methyl sites for hydroxylation is 2. The summed E-state index contributed by atoms with van der Waals surface area (Å²) in [6.07, 6.45) is 5.86. The quantitative estimate of drug-likeness (QED) is 0.176. The minimum Gasteiger partial charge on any atom is -0.480 e. The normalized spacial score (nSPS) is 12.1. The molecule has 0 fully saturated rings. The van der Waals surface area contributed by atoms with Gasteiger partial charge in [-0.05, 0) is 55.0 Å². The molecule has 266 valence electrons. The molecule has 0 aliphatic carbocycles. The van der Waals surface area contributed by atoms with Gasteiger partial charge in [0.25, 0.3) is 21.5 Å². The number of pyridine rings is 2. The molecule has 4 aromatic heterocycles. The molecule has 0 bridgehead atoms. The van der Waals surface area contributed by atoms with Crippen molar-refractivity contribution >= 4 is 38.5 Å². The van der Waals surface area contributed by atoms with Crippen molar-refractivity contribution in [3.05, 3.63) is 129 Å². The lowest BCUT2D eigenvalue weighted by atomic mass is 10.1.